The normalized spacial score (nSPS) is 14.7. The van der Waals surface area contributed by atoms with Crippen LogP contribution < -0.4 is 11.1 Å². The predicted octanol–water partition coefficient (Wildman–Crippen LogP) is 3.46. The molecule has 2 aromatic carbocycles. The lowest BCUT2D eigenvalue weighted by Gasteiger charge is -2.27. The van der Waals surface area contributed by atoms with Gasteiger partial charge in [-0.15, -0.1) is 0 Å². The summed E-state index contributed by atoms with van der Waals surface area (Å²) >= 11 is 6.17. The number of aromatic nitrogens is 3. The van der Waals surface area contributed by atoms with Gasteiger partial charge in [0.2, 0.25) is 0 Å². The highest BCUT2D eigenvalue weighted by Gasteiger charge is 2.18. The summed E-state index contributed by atoms with van der Waals surface area (Å²) in [5.74, 6) is -0.496. The Labute approximate surface area is 199 Å². The van der Waals surface area contributed by atoms with Gasteiger partial charge in [-0.3, -0.25) is 19.6 Å². The van der Waals surface area contributed by atoms with Crippen LogP contribution >= 0.6 is 11.6 Å². The van der Waals surface area contributed by atoms with E-state index >= 15 is 0 Å². The van der Waals surface area contributed by atoms with Crippen molar-refractivity contribution >= 4 is 22.5 Å². The summed E-state index contributed by atoms with van der Waals surface area (Å²) in [6.45, 7) is 6.06. The van der Waals surface area contributed by atoms with Crippen molar-refractivity contribution in [2.45, 2.75) is 20.0 Å². The number of halogens is 2. The summed E-state index contributed by atoms with van der Waals surface area (Å²) < 4.78 is 21.8. The molecule has 1 aliphatic rings. The smallest absolute Gasteiger partial charge is 0.280 e. The van der Waals surface area contributed by atoms with Crippen molar-refractivity contribution in [1.29, 1.82) is 0 Å². The van der Waals surface area contributed by atoms with Gasteiger partial charge in [-0.25, -0.2) is 9.07 Å². The second-order valence-corrected chi connectivity index (χ2v) is 8.86. The number of fused-ring (bicyclic) bond motifs is 1. The molecule has 1 saturated heterocycles. The zero-order valence-electron chi connectivity index (χ0n) is 18.7. The number of pyridine rings is 1. The molecule has 0 saturated carbocycles. The van der Waals surface area contributed by atoms with E-state index in [9.17, 15) is 14.0 Å². The number of benzene rings is 2. The minimum Gasteiger partial charge on any atom is -0.379 e. The van der Waals surface area contributed by atoms with Crippen molar-refractivity contribution < 1.29 is 9.13 Å². The van der Waals surface area contributed by atoms with E-state index in [2.05, 4.69) is 16.1 Å². The summed E-state index contributed by atoms with van der Waals surface area (Å²) in [6.07, 6.45) is 0. The Morgan fingerprint density at radius 1 is 1.03 bits per heavy atom. The summed E-state index contributed by atoms with van der Waals surface area (Å²) in [5.41, 5.74) is 2.88. The SMILES string of the molecule is Cc1c2c(=O)n(-c3ccc(F)cc3Cl)[nH]c2cc(=O)n1Cc1ccccc1CN1CCOCC1. The van der Waals surface area contributed by atoms with E-state index in [4.69, 9.17) is 16.3 Å². The largest absolute Gasteiger partial charge is 0.379 e. The van der Waals surface area contributed by atoms with Crippen molar-refractivity contribution in [3.63, 3.8) is 0 Å². The molecule has 176 valence electrons. The van der Waals surface area contributed by atoms with E-state index in [-0.39, 0.29) is 16.1 Å². The van der Waals surface area contributed by atoms with Crippen LogP contribution in [-0.2, 0) is 17.8 Å². The fourth-order valence-corrected chi connectivity index (χ4v) is 4.73. The van der Waals surface area contributed by atoms with Crippen LogP contribution in [0.2, 0.25) is 5.02 Å². The van der Waals surface area contributed by atoms with Crippen LogP contribution in [0.1, 0.15) is 16.8 Å². The molecule has 0 spiro atoms. The molecule has 9 heteroatoms. The molecule has 5 rings (SSSR count). The number of aromatic amines is 1. The highest BCUT2D eigenvalue weighted by molar-refractivity contribution is 6.32. The van der Waals surface area contributed by atoms with E-state index in [1.54, 1.807) is 11.5 Å². The maximum Gasteiger partial charge on any atom is 0.280 e. The highest BCUT2D eigenvalue weighted by atomic mass is 35.5. The first-order valence-electron chi connectivity index (χ1n) is 11.1. The molecule has 0 bridgehead atoms. The van der Waals surface area contributed by atoms with Gasteiger partial charge in [0.25, 0.3) is 11.1 Å². The van der Waals surface area contributed by atoms with Crippen LogP contribution in [0.4, 0.5) is 4.39 Å². The Hall–Kier alpha value is -3.20. The Balaban J connectivity index is 1.55. The van der Waals surface area contributed by atoms with Crippen LogP contribution in [0.3, 0.4) is 0 Å². The first-order valence-corrected chi connectivity index (χ1v) is 11.5. The van der Waals surface area contributed by atoms with Crippen molar-refractivity contribution in [3.8, 4) is 5.69 Å². The van der Waals surface area contributed by atoms with Gasteiger partial charge < -0.3 is 9.30 Å². The van der Waals surface area contributed by atoms with Gasteiger partial charge in [0.05, 0.1) is 41.4 Å². The van der Waals surface area contributed by atoms with Gasteiger partial charge in [-0.05, 0) is 36.2 Å². The minimum absolute atomic E-state index is 0.0959. The van der Waals surface area contributed by atoms with Crippen LogP contribution in [0.15, 0.2) is 58.1 Å². The number of hydrogen-bond donors (Lipinski definition) is 1. The van der Waals surface area contributed by atoms with Gasteiger partial charge >= 0.3 is 0 Å². The molecule has 2 aromatic heterocycles. The number of hydrogen-bond acceptors (Lipinski definition) is 4. The molecule has 1 N–H and O–H groups in total. The van der Waals surface area contributed by atoms with E-state index in [0.29, 0.717) is 28.8 Å². The maximum atomic E-state index is 13.5. The fraction of sp³-hybridized carbons (Fsp3) is 0.280. The minimum atomic E-state index is -0.496. The molecule has 0 unspecified atom stereocenters. The molecular weight excluding hydrogens is 459 g/mol. The average molecular weight is 483 g/mol. The highest BCUT2D eigenvalue weighted by Crippen LogP contribution is 2.22. The van der Waals surface area contributed by atoms with Crippen LogP contribution in [-0.4, -0.2) is 45.6 Å². The maximum absolute atomic E-state index is 13.5. The predicted molar refractivity (Wildman–Crippen MR) is 130 cm³/mol. The molecule has 0 aliphatic carbocycles. The average Bonchev–Trinajstić information content (AvgIpc) is 3.14. The molecule has 1 fully saturated rings. The lowest BCUT2D eigenvalue weighted by molar-refractivity contribution is 0.0340. The van der Waals surface area contributed by atoms with Crippen LogP contribution in [0, 0.1) is 12.7 Å². The summed E-state index contributed by atoms with van der Waals surface area (Å²) in [6, 6.07) is 13.3. The number of nitrogens with zero attached hydrogens (tertiary/aromatic N) is 3. The number of nitrogens with one attached hydrogen (secondary N) is 1. The van der Waals surface area contributed by atoms with E-state index in [0.717, 1.165) is 50.0 Å². The van der Waals surface area contributed by atoms with Gasteiger partial charge in [-0.2, -0.15) is 0 Å². The lowest BCUT2D eigenvalue weighted by Crippen LogP contribution is -2.36. The number of morpholine rings is 1. The molecule has 7 nitrogen and oxygen atoms in total. The van der Waals surface area contributed by atoms with Crippen molar-refractivity contribution in [2.75, 3.05) is 26.3 Å². The van der Waals surface area contributed by atoms with Crippen LogP contribution in [0.5, 0.6) is 0 Å². The second kappa shape index (κ2) is 9.21. The first kappa shape index (κ1) is 22.6. The van der Waals surface area contributed by atoms with Gasteiger partial charge in [0.15, 0.2) is 0 Å². The quantitative estimate of drug-likeness (QED) is 0.473. The zero-order valence-corrected chi connectivity index (χ0v) is 19.4. The Morgan fingerprint density at radius 3 is 2.44 bits per heavy atom. The number of H-pyrrole nitrogens is 1. The second-order valence-electron chi connectivity index (χ2n) is 8.45. The van der Waals surface area contributed by atoms with Crippen LogP contribution in [0.25, 0.3) is 16.6 Å². The third-order valence-electron chi connectivity index (χ3n) is 6.31. The number of rotatable bonds is 5. The van der Waals surface area contributed by atoms with Gasteiger partial charge in [-0.1, -0.05) is 35.9 Å². The Morgan fingerprint density at radius 2 is 1.74 bits per heavy atom. The topological polar surface area (TPSA) is 72.3 Å². The van der Waals surface area contributed by atoms with Crippen molar-refractivity contribution in [2.24, 2.45) is 0 Å². The Kier molecular flexibility index (Phi) is 6.12. The number of aryl methyl sites for hydroxylation is 1. The zero-order chi connectivity index (χ0) is 23.8. The molecule has 34 heavy (non-hydrogen) atoms. The van der Waals surface area contributed by atoms with E-state index in [1.165, 1.54) is 22.9 Å². The summed E-state index contributed by atoms with van der Waals surface area (Å²) in [7, 11) is 0. The monoisotopic (exact) mass is 482 g/mol. The Bertz CT molecular complexity index is 1480. The number of ether oxygens (including phenoxy) is 1. The lowest BCUT2D eigenvalue weighted by atomic mass is 10.1. The van der Waals surface area contributed by atoms with Gasteiger partial charge in [0.1, 0.15) is 5.82 Å². The summed E-state index contributed by atoms with van der Waals surface area (Å²) in [5, 5.41) is 3.43. The third kappa shape index (κ3) is 4.20. The molecular formula is C25H24ClFN4O3. The van der Waals surface area contributed by atoms with E-state index in [1.807, 2.05) is 18.2 Å². The molecule has 0 atom stereocenters. The standard InChI is InChI=1S/C25H24ClFN4O3/c1-16-24-21(28-31(25(24)33)22-7-6-19(27)12-20(22)26)13-23(32)30(16)15-18-5-3-2-4-17(18)14-29-8-10-34-11-9-29/h2-7,12-13,28H,8-11,14-15H2,1H3. The molecule has 3 heterocycles. The van der Waals surface area contributed by atoms with E-state index < -0.39 is 5.82 Å². The molecule has 4 aromatic rings. The van der Waals surface area contributed by atoms with Gasteiger partial charge in [0, 0.05) is 31.4 Å². The van der Waals surface area contributed by atoms with Crippen molar-refractivity contribution in [3.05, 3.63) is 96.9 Å². The molecule has 0 radical (unpaired) electrons. The third-order valence-corrected chi connectivity index (χ3v) is 6.62. The fourth-order valence-electron chi connectivity index (χ4n) is 4.48. The molecule has 1 aliphatic heterocycles. The summed E-state index contributed by atoms with van der Waals surface area (Å²) in [4.78, 5) is 28.7. The first-order chi connectivity index (χ1) is 16.4. The van der Waals surface area contributed by atoms with Crippen molar-refractivity contribution in [1.82, 2.24) is 19.2 Å². The molecule has 0 amide bonds.